The highest BCUT2D eigenvalue weighted by atomic mass is 35.5. The molecule has 138 valence electrons. The number of carbonyl (C=O) groups excluding carboxylic acids is 1. The molecule has 0 aromatic heterocycles. The molecule has 0 saturated carbocycles. The number of nitrogens with zero attached hydrogens (tertiary/aromatic N) is 2. The largest absolute Gasteiger partial charge is 0.372 e. The van der Waals surface area contributed by atoms with Gasteiger partial charge in [0, 0.05) is 19.6 Å². The molecule has 3 rings (SSSR count). The second-order valence-corrected chi connectivity index (χ2v) is 9.15. The highest BCUT2D eigenvalue weighted by Gasteiger charge is 2.29. The van der Waals surface area contributed by atoms with E-state index in [1.807, 2.05) is 13.8 Å². The van der Waals surface area contributed by atoms with Crippen molar-refractivity contribution in [2.75, 3.05) is 29.7 Å². The molecule has 0 radical (unpaired) electrons. The fourth-order valence-electron chi connectivity index (χ4n) is 3.43. The van der Waals surface area contributed by atoms with E-state index in [2.05, 4.69) is 0 Å². The Labute approximate surface area is 153 Å². The minimum atomic E-state index is -3.30. The maximum Gasteiger partial charge on any atom is 0.255 e. The van der Waals surface area contributed by atoms with E-state index in [-0.39, 0.29) is 28.9 Å². The monoisotopic (exact) mass is 386 g/mol. The first-order valence-electron chi connectivity index (χ1n) is 8.52. The number of amides is 1. The summed E-state index contributed by atoms with van der Waals surface area (Å²) in [7, 11) is -3.30. The number of rotatable bonds is 2. The smallest absolute Gasteiger partial charge is 0.255 e. The first-order valence-corrected chi connectivity index (χ1v) is 10.5. The predicted molar refractivity (Wildman–Crippen MR) is 97.7 cm³/mol. The lowest BCUT2D eigenvalue weighted by atomic mass is 10.1. The first-order chi connectivity index (χ1) is 11.8. The van der Waals surface area contributed by atoms with Gasteiger partial charge in [0.2, 0.25) is 10.0 Å². The van der Waals surface area contributed by atoms with E-state index in [4.69, 9.17) is 16.3 Å². The molecule has 0 N–H and O–H groups in total. The Balaban J connectivity index is 1.83. The van der Waals surface area contributed by atoms with Crippen molar-refractivity contribution in [3.05, 3.63) is 28.8 Å². The van der Waals surface area contributed by atoms with E-state index in [0.717, 1.165) is 6.42 Å². The van der Waals surface area contributed by atoms with Crippen LogP contribution in [0.3, 0.4) is 0 Å². The molecule has 1 amide bonds. The Bertz CT molecular complexity index is 758. The Morgan fingerprint density at radius 3 is 2.48 bits per heavy atom. The SMILES string of the molecule is C[C@@H]1CN(C(=O)c2ccc(N3CCCCS3(=O)=O)cc2Cl)C[C@@H](C)O1. The maximum atomic E-state index is 12.8. The summed E-state index contributed by atoms with van der Waals surface area (Å²) in [4.78, 5) is 14.5. The lowest BCUT2D eigenvalue weighted by molar-refractivity contribution is -0.0586. The number of hydrogen-bond acceptors (Lipinski definition) is 4. The fourth-order valence-corrected chi connectivity index (χ4v) is 5.31. The van der Waals surface area contributed by atoms with Crippen molar-refractivity contribution in [1.29, 1.82) is 0 Å². The number of carbonyl (C=O) groups is 1. The van der Waals surface area contributed by atoms with Crippen molar-refractivity contribution in [2.45, 2.75) is 38.9 Å². The second-order valence-electron chi connectivity index (χ2n) is 6.73. The second kappa shape index (κ2) is 7.13. The maximum absolute atomic E-state index is 12.8. The van der Waals surface area contributed by atoms with Crippen LogP contribution in [0.25, 0.3) is 0 Å². The molecular formula is C17H23ClN2O4S. The van der Waals surface area contributed by atoms with Crippen LogP contribution in [0.15, 0.2) is 18.2 Å². The fraction of sp³-hybridized carbons (Fsp3) is 0.588. The third-order valence-electron chi connectivity index (χ3n) is 4.53. The molecule has 6 nitrogen and oxygen atoms in total. The Morgan fingerprint density at radius 1 is 1.20 bits per heavy atom. The third kappa shape index (κ3) is 3.93. The molecule has 2 fully saturated rings. The molecule has 2 aliphatic heterocycles. The minimum absolute atomic E-state index is 0.0239. The zero-order valence-electron chi connectivity index (χ0n) is 14.4. The van der Waals surface area contributed by atoms with Gasteiger partial charge in [-0.2, -0.15) is 0 Å². The average Bonchev–Trinajstić information content (AvgIpc) is 2.53. The molecule has 0 spiro atoms. The number of benzene rings is 1. The highest BCUT2D eigenvalue weighted by molar-refractivity contribution is 7.92. The molecular weight excluding hydrogens is 364 g/mol. The van der Waals surface area contributed by atoms with E-state index < -0.39 is 10.0 Å². The topological polar surface area (TPSA) is 66.9 Å². The molecule has 2 atom stereocenters. The van der Waals surface area contributed by atoms with Gasteiger partial charge in [-0.1, -0.05) is 11.6 Å². The average molecular weight is 387 g/mol. The molecule has 1 aromatic rings. The van der Waals surface area contributed by atoms with Crippen LogP contribution in [0.1, 0.15) is 37.0 Å². The molecule has 0 bridgehead atoms. The van der Waals surface area contributed by atoms with E-state index in [1.165, 1.54) is 4.31 Å². The van der Waals surface area contributed by atoms with Crippen LogP contribution in [0, 0.1) is 0 Å². The standard InChI is InChI=1S/C17H23ClN2O4S/c1-12-10-19(11-13(2)24-12)17(21)15-6-5-14(9-16(15)18)20-7-3-4-8-25(20,22)23/h5-6,9,12-13H,3-4,7-8,10-11H2,1-2H3/t12-,13-/m1/s1. The Kier molecular flexibility index (Phi) is 5.27. The van der Waals surface area contributed by atoms with Crippen LogP contribution in [-0.4, -0.2) is 56.8 Å². The van der Waals surface area contributed by atoms with E-state index in [9.17, 15) is 13.2 Å². The van der Waals surface area contributed by atoms with Crippen LogP contribution in [0.2, 0.25) is 5.02 Å². The van der Waals surface area contributed by atoms with Gasteiger partial charge < -0.3 is 9.64 Å². The van der Waals surface area contributed by atoms with Gasteiger partial charge in [-0.15, -0.1) is 0 Å². The molecule has 25 heavy (non-hydrogen) atoms. The molecule has 0 aliphatic carbocycles. The van der Waals surface area contributed by atoms with E-state index in [1.54, 1.807) is 23.1 Å². The summed E-state index contributed by atoms with van der Waals surface area (Å²) in [6.07, 6.45) is 1.45. The number of morpholine rings is 1. The Morgan fingerprint density at radius 2 is 1.88 bits per heavy atom. The molecule has 2 aliphatic rings. The van der Waals surface area contributed by atoms with Crippen LogP contribution in [-0.2, 0) is 14.8 Å². The highest BCUT2D eigenvalue weighted by Crippen LogP contribution is 2.29. The van der Waals surface area contributed by atoms with Crippen LogP contribution < -0.4 is 4.31 Å². The predicted octanol–water partition coefficient (Wildman–Crippen LogP) is 2.52. The number of sulfonamides is 1. The summed E-state index contributed by atoms with van der Waals surface area (Å²) < 4.78 is 31.5. The van der Waals surface area contributed by atoms with Crippen LogP contribution >= 0.6 is 11.6 Å². The summed E-state index contributed by atoms with van der Waals surface area (Å²) in [5, 5.41) is 0.273. The summed E-state index contributed by atoms with van der Waals surface area (Å²) in [5.41, 5.74) is 0.908. The molecule has 0 unspecified atom stereocenters. The third-order valence-corrected chi connectivity index (χ3v) is 6.71. The van der Waals surface area contributed by atoms with Crippen molar-refractivity contribution in [1.82, 2.24) is 4.90 Å². The number of anilines is 1. The van der Waals surface area contributed by atoms with Gasteiger partial charge in [0.15, 0.2) is 0 Å². The minimum Gasteiger partial charge on any atom is -0.372 e. The molecule has 2 heterocycles. The van der Waals surface area contributed by atoms with Crippen molar-refractivity contribution in [3.63, 3.8) is 0 Å². The summed E-state index contributed by atoms with van der Waals surface area (Å²) in [6, 6.07) is 4.86. The van der Waals surface area contributed by atoms with E-state index in [0.29, 0.717) is 37.3 Å². The van der Waals surface area contributed by atoms with Gasteiger partial charge in [0.05, 0.1) is 34.2 Å². The van der Waals surface area contributed by atoms with Crippen molar-refractivity contribution in [3.8, 4) is 0 Å². The number of hydrogen-bond donors (Lipinski definition) is 0. The number of ether oxygens (including phenoxy) is 1. The quantitative estimate of drug-likeness (QED) is 0.783. The zero-order chi connectivity index (χ0) is 18.2. The molecule has 2 saturated heterocycles. The molecule has 1 aromatic carbocycles. The summed E-state index contributed by atoms with van der Waals surface area (Å²) in [5.74, 6) is -0.00506. The number of halogens is 1. The van der Waals surface area contributed by atoms with Gasteiger partial charge in [0.25, 0.3) is 5.91 Å². The first kappa shape index (κ1) is 18.5. The van der Waals surface area contributed by atoms with E-state index >= 15 is 0 Å². The van der Waals surface area contributed by atoms with Gasteiger partial charge in [-0.25, -0.2) is 8.42 Å². The van der Waals surface area contributed by atoms with Gasteiger partial charge in [-0.3, -0.25) is 9.10 Å². The summed E-state index contributed by atoms with van der Waals surface area (Å²) >= 11 is 6.33. The zero-order valence-corrected chi connectivity index (χ0v) is 16.0. The van der Waals surface area contributed by atoms with Gasteiger partial charge in [-0.05, 0) is 44.9 Å². The lowest BCUT2D eigenvalue weighted by Gasteiger charge is -2.35. The van der Waals surface area contributed by atoms with Gasteiger partial charge >= 0.3 is 0 Å². The Hall–Kier alpha value is -1.31. The lowest BCUT2D eigenvalue weighted by Crippen LogP contribution is -2.48. The summed E-state index contributed by atoms with van der Waals surface area (Å²) in [6.45, 7) is 5.34. The molecule has 8 heteroatoms. The normalized spacial score (nSPS) is 26.5. The van der Waals surface area contributed by atoms with Crippen molar-refractivity contribution < 1.29 is 17.9 Å². The van der Waals surface area contributed by atoms with Crippen LogP contribution in [0.4, 0.5) is 5.69 Å². The van der Waals surface area contributed by atoms with Crippen molar-refractivity contribution in [2.24, 2.45) is 0 Å². The van der Waals surface area contributed by atoms with Crippen molar-refractivity contribution >= 4 is 33.2 Å². The van der Waals surface area contributed by atoms with Gasteiger partial charge in [0.1, 0.15) is 0 Å². The van der Waals surface area contributed by atoms with Crippen LogP contribution in [0.5, 0.6) is 0 Å².